The summed E-state index contributed by atoms with van der Waals surface area (Å²) in [4.78, 5) is 7.21. The molecule has 0 amide bonds. The highest BCUT2D eigenvalue weighted by atomic mass is 16.5. The average Bonchev–Trinajstić information content (AvgIpc) is 2.61. The van der Waals surface area contributed by atoms with E-state index < -0.39 is 0 Å². The Balaban J connectivity index is 2.55. The van der Waals surface area contributed by atoms with Crippen LogP contribution in [0.4, 0.5) is 0 Å². The highest BCUT2D eigenvalue weighted by molar-refractivity contribution is 5.80. The summed E-state index contributed by atoms with van der Waals surface area (Å²) in [7, 11) is 1.58. The topological polar surface area (TPSA) is 61.7 Å². The van der Waals surface area contributed by atoms with Crippen molar-refractivity contribution in [3.63, 3.8) is 0 Å². The van der Waals surface area contributed by atoms with Crippen molar-refractivity contribution in [2.24, 2.45) is 0 Å². The molecule has 0 spiro atoms. The van der Waals surface area contributed by atoms with Gasteiger partial charge in [-0.1, -0.05) is 0 Å². The lowest BCUT2D eigenvalue weighted by atomic mass is 10.2. The fourth-order valence-electron chi connectivity index (χ4n) is 1.39. The minimum Gasteiger partial charge on any atom is -0.481 e. The van der Waals surface area contributed by atoms with Gasteiger partial charge in [-0.3, -0.25) is 0 Å². The van der Waals surface area contributed by atoms with Gasteiger partial charge >= 0.3 is 0 Å². The summed E-state index contributed by atoms with van der Waals surface area (Å²) in [5.41, 5.74) is 1.73. The fraction of sp³-hybridized carbons (Fsp3) is 0.200. The first-order valence-corrected chi connectivity index (χ1v) is 4.23. The van der Waals surface area contributed by atoms with Crippen LogP contribution in [0.1, 0.15) is 5.56 Å². The molecule has 0 radical (unpaired) electrons. The third-order valence-electron chi connectivity index (χ3n) is 2.08. The number of hydrogen-bond donors (Lipinski definition) is 1. The SMILES string of the molecule is COc1ccc2c(CC#N)c[nH]c2n1. The third-order valence-corrected chi connectivity index (χ3v) is 2.08. The molecule has 2 aromatic rings. The van der Waals surface area contributed by atoms with Crippen molar-refractivity contribution >= 4 is 11.0 Å². The average molecular weight is 187 g/mol. The van der Waals surface area contributed by atoms with E-state index >= 15 is 0 Å². The predicted molar refractivity (Wildman–Crippen MR) is 52.0 cm³/mol. The van der Waals surface area contributed by atoms with Crippen LogP contribution in [0.5, 0.6) is 5.88 Å². The van der Waals surface area contributed by atoms with Crippen LogP contribution < -0.4 is 4.74 Å². The molecule has 1 N–H and O–H groups in total. The van der Waals surface area contributed by atoms with Gasteiger partial charge in [0.25, 0.3) is 0 Å². The molecule has 70 valence electrons. The van der Waals surface area contributed by atoms with Gasteiger partial charge in [-0.15, -0.1) is 0 Å². The summed E-state index contributed by atoms with van der Waals surface area (Å²) in [6.07, 6.45) is 2.20. The Morgan fingerprint density at radius 3 is 3.14 bits per heavy atom. The molecular formula is C10H9N3O. The molecule has 0 unspecified atom stereocenters. The Labute approximate surface area is 81.1 Å². The lowest BCUT2D eigenvalue weighted by Crippen LogP contribution is -1.87. The minimum absolute atomic E-state index is 0.397. The van der Waals surface area contributed by atoms with Crippen LogP contribution in [-0.2, 0) is 6.42 Å². The van der Waals surface area contributed by atoms with Gasteiger partial charge in [0.05, 0.1) is 19.6 Å². The van der Waals surface area contributed by atoms with Crippen molar-refractivity contribution < 1.29 is 4.74 Å². The van der Waals surface area contributed by atoms with E-state index in [0.717, 1.165) is 16.6 Å². The van der Waals surface area contributed by atoms with E-state index in [4.69, 9.17) is 10.00 Å². The maximum Gasteiger partial charge on any atom is 0.214 e. The quantitative estimate of drug-likeness (QED) is 0.777. The third kappa shape index (κ3) is 1.29. The lowest BCUT2D eigenvalue weighted by Gasteiger charge is -1.97. The number of rotatable bonds is 2. The second-order valence-electron chi connectivity index (χ2n) is 2.90. The number of nitriles is 1. The van der Waals surface area contributed by atoms with Crippen molar-refractivity contribution in [2.75, 3.05) is 7.11 Å². The van der Waals surface area contributed by atoms with Crippen LogP contribution in [0.2, 0.25) is 0 Å². The number of aromatic nitrogens is 2. The molecule has 0 bridgehead atoms. The van der Waals surface area contributed by atoms with Crippen molar-refractivity contribution in [1.29, 1.82) is 5.26 Å². The van der Waals surface area contributed by atoms with Crippen LogP contribution in [0.25, 0.3) is 11.0 Å². The van der Waals surface area contributed by atoms with Gasteiger partial charge in [0.15, 0.2) is 0 Å². The maximum atomic E-state index is 8.59. The van der Waals surface area contributed by atoms with E-state index in [2.05, 4.69) is 16.0 Å². The Bertz CT molecular complexity index is 496. The molecule has 2 heterocycles. The molecule has 0 aliphatic heterocycles. The number of aromatic amines is 1. The van der Waals surface area contributed by atoms with Crippen LogP contribution in [0.15, 0.2) is 18.3 Å². The standard InChI is InChI=1S/C10H9N3O/c1-14-9-3-2-8-7(4-5-11)6-12-10(8)13-9/h2-3,6H,4H2,1H3,(H,12,13). The number of pyridine rings is 1. The molecule has 14 heavy (non-hydrogen) atoms. The molecule has 2 aromatic heterocycles. The fourth-order valence-corrected chi connectivity index (χ4v) is 1.39. The summed E-state index contributed by atoms with van der Waals surface area (Å²) < 4.78 is 5.00. The Kier molecular flexibility index (Phi) is 2.07. The maximum absolute atomic E-state index is 8.59. The summed E-state index contributed by atoms with van der Waals surface area (Å²) >= 11 is 0. The van der Waals surface area contributed by atoms with Crippen molar-refractivity contribution in [3.05, 3.63) is 23.9 Å². The minimum atomic E-state index is 0.397. The molecule has 0 fully saturated rings. The van der Waals surface area contributed by atoms with Crippen LogP contribution in [0, 0.1) is 11.3 Å². The number of H-pyrrole nitrogens is 1. The highest BCUT2D eigenvalue weighted by Gasteiger charge is 2.04. The van der Waals surface area contributed by atoms with Gasteiger partial charge in [0.2, 0.25) is 5.88 Å². The van der Waals surface area contributed by atoms with E-state index in [1.165, 1.54) is 0 Å². The molecule has 0 aliphatic rings. The molecule has 4 nitrogen and oxygen atoms in total. The van der Waals surface area contributed by atoms with Crippen molar-refractivity contribution in [2.45, 2.75) is 6.42 Å². The van der Waals surface area contributed by atoms with E-state index in [0.29, 0.717) is 12.3 Å². The second-order valence-corrected chi connectivity index (χ2v) is 2.90. The zero-order chi connectivity index (χ0) is 9.97. The van der Waals surface area contributed by atoms with Gasteiger partial charge in [-0.2, -0.15) is 10.2 Å². The normalized spacial score (nSPS) is 10.0. The smallest absolute Gasteiger partial charge is 0.214 e. The number of hydrogen-bond acceptors (Lipinski definition) is 3. The highest BCUT2D eigenvalue weighted by Crippen LogP contribution is 2.19. The Morgan fingerprint density at radius 2 is 2.43 bits per heavy atom. The molecule has 2 rings (SSSR count). The number of nitrogens with one attached hydrogen (secondary N) is 1. The molecule has 0 aliphatic carbocycles. The Morgan fingerprint density at radius 1 is 1.57 bits per heavy atom. The summed E-state index contributed by atoms with van der Waals surface area (Å²) in [5, 5.41) is 9.57. The summed E-state index contributed by atoms with van der Waals surface area (Å²) in [6, 6.07) is 5.81. The lowest BCUT2D eigenvalue weighted by molar-refractivity contribution is 0.399. The van der Waals surface area contributed by atoms with Crippen LogP contribution >= 0.6 is 0 Å². The van der Waals surface area contributed by atoms with Gasteiger partial charge in [-0.05, 0) is 11.6 Å². The van der Waals surface area contributed by atoms with E-state index in [9.17, 15) is 0 Å². The van der Waals surface area contributed by atoms with Crippen LogP contribution in [0.3, 0.4) is 0 Å². The van der Waals surface area contributed by atoms with Gasteiger partial charge < -0.3 is 9.72 Å². The van der Waals surface area contributed by atoms with Gasteiger partial charge in [0.1, 0.15) is 5.65 Å². The number of nitrogens with zero attached hydrogens (tertiary/aromatic N) is 2. The zero-order valence-corrected chi connectivity index (χ0v) is 7.74. The van der Waals surface area contributed by atoms with Crippen LogP contribution in [-0.4, -0.2) is 17.1 Å². The molecule has 0 aromatic carbocycles. The van der Waals surface area contributed by atoms with Crippen molar-refractivity contribution in [1.82, 2.24) is 9.97 Å². The van der Waals surface area contributed by atoms with Gasteiger partial charge in [0, 0.05) is 17.6 Å². The first-order valence-electron chi connectivity index (χ1n) is 4.23. The zero-order valence-electron chi connectivity index (χ0n) is 7.74. The largest absolute Gasteiger partial charge is 0.481 e. The van der Waals surface area contributed by atoms with E-state index in [1.807, 2.05) is 6.07 Å². The molecule has 4 heteroatoms. The molecule has 0 saturated heterocycles. The summed E-state index contributed by atoms with van der Waals surface area (Å²) in [6.45, 7) is 0. The number of ether oxygens (including phenoxy) is 1. The monoisotopic (exact) mass is 187 g/mol. The molecule has 0 saturated carbocycles. The van der Waals surface area contributed by atoms with Gasteiger partial charge in [-0.25, -0.2) is 0 Å². The number of fused-ring (bicyclic) bond motifs is 1. The molecular weight excluding hydrogens is 178 g/mol. The van der Waals surface area contributed by atoms with E-state index in [-0.39, 0.29) is 0 Å². The van der Waals surface area contributed by atoms with E-state index in [1.54, 1.807) is 19.4 Å². The van der Waals surface area contributed by atoms with Crippen molar-refractivity contribution in [3.8, 4) is 11.9 Å². The molecule has 0 atom stereocenters. The Hall–Kier alpha value is -2.02. The summed E-state index contributed by atoms with van der Waals surface area (Å²) in [5.74, 6) is 0.572. The first-order chi connectivity index (χ1) is 6.85. The predicted octanol–water partition coefficient (Wildman–Crippen LogP) is 1.64. The first kappa shape index (κ1) is 8.57. The number of methoxy groups -OCH3 is 1. The second kappa shape index (κ2) is 3.38.